The third-order valence-electron chi connectivity index (χ3n) is 4.76. The second-order valence-electron chi connectivity index (χ2n) is 6.95. The molecule has 1 amide bonds. The number of carbonyl (C=O) groups is 2. The van der Waals surface area contributed by atoms with Crippen LogP contribution in [0.5, 0.6) is 0 Å². The second-order valence-corrected chi connectivity index (χ2v) is 8.95. The molecule has 0 saturated heterocycles. The molecule has 32 heavy (non-hydrogen) atoms. The maximum Gasteiger partial charge on any atom is 0.251 e. The molecule has 1 aliphatic heterocycles. The fraction of sp³-hybridized carbons (Fsp3) is 0.0435. The highest BCUT2D eigenvalue weighted by Gasteiger charge is 2.28. The first-order valence-corrected chi connectivity index (χ1v) is 11.3. The highest BCUT2D eigenvalue weighted by molar-refractivity contribution is 7.91. The molecule has 1 atom stereocenters. The highest BCUT2D eigenvalue weighted by Crippen LogP contribution is 2.31. The van der Waals surface area contributed by atoms with Gasteiger partial charge in [-0.3, -0.25) is 9.59 Å². The SMILES string of the molecule is O=C(NCc1ccc(F)cc1)c1ccc2c(c1)C(=O)/C(=C\c1ccc(Cl)c(Cl)c1)S(=O)N2. The van der Waals surface area contributed by atoms with E-state index in [2.05, 4.69) is 10.0 Å². The van der Waals surface area contributed by atoms with Gasteiger partial charge in [-0.05, 0) is 59.7 Å². The van der Waals surface area contributed by atoms with Crippen molar-refractivity contribution in [3.8, 4) is 0 Å². The van der Waals surface area contributed by atoms with Gasteiger partial charge in [-0.2, -0.15) is 0 Å². The standard InChI is InChI=1S/C23H15Cl2FN2O3S/c24-18-7-3-14(9-19(18)25)10-21-22(29)17-11-15(4-8-20(17)28-32(21)31)23(30)27-12-13-1-5-16(26)6-2-13/h1-11,28H,12H2,(H,27,30)/b21-10+. The molecule has 4 rings (SSSR count). The summed E-state index contributed by atoms with van der Waals surface area (Å²) in [6.07, 6.45) is 1.47. The number of allylic oxidation sites excluding steroid dienone is 1. The van der Waals surface area contributed by atoms with Gasteiger partial charge in [0, 0.05) is 17.7 Å². The van der Waals surface area contributed by atoms with Gasteiger partial charge in [0.1, 0.15) is 10.7 Å². The monoisotopic (exact) mass is 488 g/mol. The lowest BCUT2D eigenvalue weighted by Gasteiger charge is -2.19. The van der Waals surface area contributed by atoms with E-state index in [1.165, 1.54) is 36.4 Å². The summed E-state index contributed by atoms with van der Waals surface area (Å²) in [7, 11) is -1.78. The molecule has 3 aromatic rings. The van der Waals surface area contributed by atoms with E-state index in [-0.39, 0.29) is 28.4 Å². The van der Waals surface area contributed by atoms with Crippen LogP contribution in [0.2, 0.25) is 10.0 Å². The lowest BCUT2D eigenvalue weighted by atomic mass is 10.0. The van der Waals surface area contributed by atoms with Crippen molar-refractivity contribution in [2.24, 2.45) is 0 Å². The molecule has 0 spiro atoms. The second kappa shape index (κ2) is 9.24. The Balaban J connectivity index is 1.57. The van der Waals surface area contributed by atoms with Crippen molar-refractivity contribution in [2.75, 3.05) is 4.72 Å². The van der Waals surface area contributed by atoms with Crippen molar-refractivity contribution in [3.05, 3.63) is 104 Å². The van der Waals surface area contributed by atoms with Gasteiger partial charge in [0.2, 0.25) is 5.78 Å². The Kier molecular flexibility index (Phi) is 6.41. The Hall–Kier alpha value is -3.00. The largest absolute Gasteiger partial charge is 0.348 e. The zero-order valence-corrected chi connectivity index (χ0v) is 18.7. The highest BCUT2D eigenvalue weighted by atomic mass is 35.5. The van der Waals surface area contributed by atoms with Crippen molar-refractivity contribution in [2.45, 2.75) is 6.54 Å². The van der Waals surface area contributed by atoms with Gasteiger partial charge in [-0.15, -0.1) is 0 Å². The number of Topliss-reactive ketones (excluding diaryl/α,β-unsaturated/α-hetero) is 1. The van der Waals surface area contributed by atoms with Crippen molar-refractivity contribution in [1.82, 2.24) is 5.32 Å². The molecule has 5 nitrogen and oxygen atoms in total. The van der Waals surface area contributed by atoms with Crippen LogP contribution in [0.15, 0.2) is 65.6 Å². The third-order valence-corrected chi connectivity index (χ3v) is 6.61. The van der Waals surface area contributed by atoms with E-state index in [9.17, 15) is 18.2 Å². The predicted octanol–water partition coefficient (Wildman–Crippen LogP) is 5.38. The van der Waals surface area contributed by atoms with Crippen LogP contribution in [0.3, 0.4) is 0 Å². The van der Waals surface area contributed by atoms with Gasteiger partial charge >= 0.3 is 0 Å². The normalized spacial score (nSPS) is 16.4. The summed E-state index contributed by atoms with van der Waals surface area (Å²) in [5.41, 5.74) is 2.16. The van der Waals surface area contributed by atoms with Gasteiger partial charge in [0.25, 0.3) is 5.91 Å². The fourth-order valence-electron chi connectivity index (χ4n) is 3.09. The molecular weight excluding hydrogens is 474 g/mol. The van der Waals surface area contributed by atoms with Crippen LogP contribution in [0, 0.1) is 5.82 Å². The molecule has 1 aliphatic rings. The molecule has 2 N–H and O–H groups in total. The summed E-state index contributed by atoms with van der Waals surface area (Å²) in [6, 6.07) is 15.1. The number of anilines is 1. The maximum absolute atomic E-state index is 13.0. The topological polar surface area (TPSA) is 75.3 Å². The third kappa shape index (κ3) is 4.75. The number of carbonyl (C=O) groups excluding carboxylic acids is 2. The number of amides is 1. The minimum absolute atomic E-state index is 0.0276. The van der Waals surface area contributed by atoms with Crippen molar-refractivity contribution in [1.29, 1.82) is 0 Å². The van der Waals surface area contributed by atoms with Crippen molar-refractivity contribution < 1.29 is 18.2 Å². The molecule has 0 bridgehead atoms. The fourth-order valence-corrected chi connectivity index (χ4v) is 4.41. The van der Waals surface area contributed by atoms with Crippen LogP contribution in [0.1, 0.15) is 31.8 Å². The van der Waals surface area contributed by atoms with Crippen LogP contribution in [-0.4, -0.2) is 15.9 Å². The van der Waals surface area contributed by atoms with E-state index in [1.807, 2.05) is 0 Å². The number of halogens is 3. The predicted molar refractivity (Wildman–Crippen MR) is 125 cm³/mol. The van der Waals surface area contributed by atoms with Crippen LogP contribution in [-0.2, 0) is 17.5 Å². The van der Waals surface area contributed by atoms with Crippen LogP contribution >= 0.6 is 23.2 Å². The summed E-state index contributed by atoms with van der Waals surface area (Å²) >= 11 is 11.9. The molecule has 0 aromatic heterocycles. The number of benzene rings is 3. The summed E-state index contributed by atoms with van der Waals surface area (Å²) in [4.78, 5) is 25.6. The number of ketones is 1. The van der Waals surface area contributed by atoms with Gasteiger partial charge < -0.3 is 10.0 Å². The summed E-state index contributed by atoms with van der Waals surface area (Å²) in [5, 5.41) is 3.41. The number of hydrogen-bond acceptors (Lipinski definition) is 3. The molecule has 1 unspecified atom stereocenters. The number of rotatable bonds is 4. The lowest BCUT2D eigenvalue weighted by Crippen LogP contribution is -2.25. The molecule has 0 fully saturated rings. The zero-order chi connectivity index (χ0) is 22.8. The van der Waals surface area contributed by atoms with Crippen LogP contribution in [0.25, 0.3) is 6.08 Å². The molecule has 3 aromatic carbocycles. The quantitative estimate of drug-likeness (QED) is 0.484. The first-order chi connectivity index (χ1) is 15.3. The Morgan fingerprint density at radius 2 is 1.78 bits per heavy atom. The van der Waals surface area contributed by atoms with Gasteiger partial charge in [0.15, 0.2) is 11.0 Å². The molecule has 0 aliphatic carbocycles. The van der Waals surface area contributed by atoms with E-state index >= 15 is 0 Å². The first-order valence-electron chi connectivity index (χ1n) is 9.38. The number of fused-ring (bicyclic) bond motifs is 1. The molecule has 162 valence electrons. The van der Waals surface area contributed by atoms with Gasteiger partial charge in [0.05, 0.1) is 15.7 Å². The van der Waals surface area contributed by atoms with Gasteiger partial charge in [-0.1, -0.05) is 41.4 Å². The van der Waals surface area contributed by atoms with E-state index in [4.69, 9.17) is 23.2 Å². The first kappa shape index (κ1) is 22.2. The molecule has 0 radical (unpaired) electrons. The Morgan fingerprint density at radius 3 is 2.50 bits per heavy atom. The van der Waals surface area contributed by atoms with E-state index in [0.717, 1.165) is 5.56 Å². The van der Waals surface area contributed by atoms with Gasteiger partial charge in [-0.25, -0.2) is 8.60 Å². The molecule has 1 heterocycles. The lowest BCUT2D eigenvalue weighted by molar-refractivity contribution is 0.0951. The minimum atomic E-state index is -1.78. The van der Waals surface area contributed by atoms with E-state index in [1.54, 1.807) is 30.3 Å². The van der Waals surface area contributed by atoms with Crippen LogP contribution < -0.4 is 10.0 Å². The van der Waals surface area contributed by atoms with E-state index < -0.39 is 22.7 Å². The number of nitrogens with one attached hydrogen (secondary N) is 2. The van der Waals surface area contributed by atoms with E-state index in [0.29, 0.717) is 21.3 Å². The smallest absolute Gasteiger partial charge is 0.251 e. The van der Waals surface area contributed by atoms with Crippen molar-refractivity contribution in [3.63, 3.8) is 0 Å². The Labute approximate surface area is 195 Å². The zero-order valence-electron chi connectivity index (χ0n) is 16.3. The van der Waals surface area contributed by atoms with Crippen molar-refractivity contribution >= 4 is 57.6 Å². The summed E-state index contributed by atoms with van der Waals surface area (Å²) in [5.74, 6) is -1.22. The Bertz CT molecular complexity index is 1290. The average molecular weight is 489 g/mol. The summed E-state index contributed by atoms with van der Waals surface area (Å²) < 4.78 is 28.4. The molecular formula is C23H15Cl2FN2O3S. The number of hydrogen-bond donors (Lipinski definition) is 2. The maximum atomic E-state index is 13.0. The average Bonchev–Trinajstić information content (AvgIpc) is 2.78. The molecule has 9 heteroatoms. The van der Waals surface area contributed by atoms with Crippen LogP contribution in [0.4, 0.5) is 10.1 Å². The molecule has 0 saturated carbocycles. The Morgan fingerprint density at radius 1 is 1.03 bits per heavy atom. The summed E-state index contributed by atoms with van der Waals surface area (Å²) in [6.45, 7) is 0.203. The minimum Gasteiger partial charge on any atom is -0.348 e.